The van der Waals surface area contributed by atoms with Gasteiger partial charge in [0.15, 0.2) is 0 Å². The molecule has 0 unspecified atom stereocenters. The van der Waals surface area contributed by atoms with Crippen LogP contribution in [0.25, 0.3) is 0 Å². The highest BCUT2D eigenvalue weighted by Gasteiger charge is 2.36. The Hall–Kier alpha value is -1.45. The highest BCUT2D eigenvalue weighted by molar-refractivity contribution is 5.79. The lowest BCUT2D eigenvalue weighted by Gasteiger charge is -2.26. The maximum atomic E-state index is 13.8. The van der Waals surface area contributed by atoms with Gasteiger partial charge >= 0.3 is 0 Å². The molecule has 1 amide bonds. The van der Waals surface area contributed by atoms with Gasteiger partial charge < -0.3 is 4.90 Å². The summed E-state index contributed by atoms with van der Waals surface area (Å²) >= 11 is 0. The molecule has 0 radical (unpaired) electrons. The SMILES string of the molecule is O=C(C1CCCC1)N(Cc1ccc(F)cc1F)C1CC1. The van der Waals surface area contributed by atoms with Crippen molar-refractivity contribution in [2.24, 2.45) is 5.92 Å². The van der Waals surface area contributed by atoms with E-state index < -0.39 is 11.6 Å². The van der Waals surface area contributed by atoms with E-state index in [2.05, 4.69) is 0 Å². The molecule has 0 aromatic heterocycles. The number of halogens is 2. The molecular weight excluding hydrogens is 260 g/mol. The van der Waals surface area contributed by atoms with E-state index in [1.807, 2.05) is 4.90 Å². The number of hydrogen-bond acceptors (Lipinski definition) is 1. The molecular formula is C16H19F2NO. The topological polar surface area (TPSA) is 20.3 Å². The minimum absolute atomic E-state index is 0.110. The maximum absolute atomic E-state index is 13.8. The van der Waals surface area contributed by atoms with Gasteiger partial charge in [0.1, 0.15) is 11.6 Å². The number of benzene rings is 1. The molecule has 108 valence electrons. The van der Waals surface area contributed by atoms with E-state index in [0.29, 0.717) is 5.56 Å². The fraction of sp³-hybridized carbons (Fsp3) is 0.562. The minimum Gasteiger partial charge on any atom is -0.335 e. The van der Waals surface area contributed by atoms with Gasteiger partial charge in [-0.3, -0.25) is 4.79 Å². The first-order valence-electron chi connectivity index (χ1n) is 7.39. The Balaban J connectivity index is 1.75. The molecule has 0 atom stereocenters. The van der Waals surface area contributed by atoms with Crippen LogP contribution in [0.5, 0.6) is 0 Å². The number of carbonyl (C=O) groups is 1. The standard InChI is InChI=1S/C16H19F2NO/c17-13-6-5-12(15(18)9-13)10-19(14-7-8-14)16(20)11-3-1-2-4-11/h5-6,9,11,14H,1-4,7-8,10H2. The van der Waals surface area contributed by atoms with Crippen LogP contribution in [-0.2, 0) is 11.3 Å². The number of carbonyl (C=O) groups excluding carboxylic acids is 1. The van der Waals surface area contributed by atoms with E-state index in [1.54, 1.807) is 0 Å². The molecule has 2 aliphatic rings. The molecule has 2 saturated carbocycles. The molecule has 2 aliphatic carbocycles. The summed E-state index contributed by atoms with van der Waals surface area (Å²) < 4.78 is 26.7. The predicted molar refractivity (Wildman–Crippen MR) is 71.9 cm³/mol. The fourth-order valence-corrected chi connectivity index (χ4v) is 3.01. The summed E-state index contributed by atoms with van der Waals surface area (Å²) in [6.07, 6.45) is 6.13. The van der Waals surface area contributed by atoms with Gasteiger partial charge in [-0.1, -0.05) is 18.9 Å². The summed E-state index contributed by atoms with van der Waals surface area (Å²) in [6, 6.07) is 3.85. The smallest absolute Gasteiger partial charge is 0.226 e. The first-order chi connectivity index (χ1) is 9.65. The van der Waals surface area contributed by atoms with E-state index >= 15 is 0 Å². The van der Waals surface area contributed by atoms with E-state index in [1.165, 1.54) is 12.1 Å². The van der Waals surface area contributed by atoms with Crippen molar-refractivity contribution in [3.05, 3.63) is 35.4 Å². The summed E-state index contributed by atoms with van der Waals surface area (Å²) in [5.74, 6) is -0.867. The molecule has 3 rings (SSSR count). The molecule has 0 bridgehead atoms. The first kappa shape index (κ1) is 13.5. The van der Waals surface area contributed by atoms with E-state index in [0.717, 1.165) is 44.6 Å². The molecule has 20 heavy (non-hydrogen) atoms. The minimum atomic E-state index is -0.577. The van der Waals surface area contributed by atoms with Crippen molar-refractivity contribution >= 4 is 5.91 Å². The summed E-state index contributed by atoms with van der Waals surface area (Å²) in [4.78, 5) is 14.4. The van der Waals surface area contributed by atoms with Gasteiger partial charge in [0.2, 0.25) is 5.91 Å². The van der Waals surface area contributed by atoms with E-state index in [-0.39, 0.29) is 24.4 Å². The summed E-state index contributed by atoms with van der Waals surface area (Å²) in [7, 11) is 0. The molecule has 0 heterocycles. The Kier molecular flexibility index (Phi) is 3.72. The van der Waals surface area contributed by atoms with Crippen molar-refractivity contribution < 1.29 is 13.6 Å². The lowest BCUT2D eigenvalue weighted by Crippen LogP contribution is -2.36. The van der Waals surface area contributed by atoms with Crippen LogP contribution in [0, 0.1) is 17.6 Å². The number of hydrogen-bond donors (Lipinski definition) is 0. The highest BCUT2D eigenvalue weighted by Crippen LogP contribution is 2.34. The quantitative estimate of drug-likeness (QED) is 0.824. The average molecular weight is 279 g/mol. The molecule has 2 nitrogen and oxygen atoms in total. The van der Waals surface area contributed by atoms with Crippen LogP contribution in [0.1, 0.15) is 44.1 Å². The van der Waals surface area contributed by atoms with Crippen molar-refractivity contribution in [3.63, 3.8) is 0 Å². The van der Waals surface area contributed by atoms with Crippen molar-refractivity contribution in [1.82, 2.24) is 4.90 Å². The number of rotatable bonds is 4. The zero-order valence-corrected chi connectivity index (χ0v) is 11.4. The van der Waals surface area contributed by atoms with E-state index in [4.69, 9.17) is 0 Å². The van der Waals surface area contributed by atoms with Crippen LogP contribution >= 0.6 is 0 Å². The van der Waals surface area contributed by atoms with Crippen LogP contribution in [0.4, 0.5) is 8.78 Å². The lowest BCUT2D eigenvalue weighted by atomic mass is 10.1. The molecule has 0 spiro atoms. The first-order valence-corrected chi connectivity index (χ1v) is 7.39. The predicted octanol–water partition coefficient (Wildman–Crippen LogP) is 3.65. The van der Waals surface area contributed by atoms with Gasteiger partial charge in [0.25, 0.3) is 0 Å². The second-order valence-electron chi connectivity index (χ2n) is 5.91. The van der Waals surface area contributed by atoms with Crippen molar-refractivity contribution in [3.8, 4) is 0 Å². The lowest BCUT2D eigenvalue weighted by molar-refractivity contribution is -0.136. The molecule has 0 N–H and O–H groups in total. The molecule has 0 saturated heterocycles. The third kappa shape index (κ3) is 2.84. The van der Waals surface area contributed by atoms with Crippen molar-refractivity contribution in [2.45, 2.75) is 51.1 Å². The molecule has 4 heteroatoms. The summed E-state index contributed by atoms with van der Waals surface area (Å²) in [6.45, 7) is 0.270. The van der Waals surface area contributed by atoms with Gasteiger partial charge in [-0.25, -0.2) is 8.78 Å². The third-order valence-corrected chi connectivity index (χ3v) is 4.33. The van der Waals surface area contributed by atoms with Gasteiger partial charge in [0, 0.05) is 30.1 Å². The summed E-state index contributed by atoms with van der Waals surface area (Å²) in [5.41, 5.74) is 0.407. The molecule has 1 aromatic rings. The second kappa shape index (κ2) is 5.51. The van der Waals surface area contributed by atoms with Crippen LogP contribution in [0.15, 0.2) is 18.2 Å². The Bertz CT molecular complexity index is 507. The average Bonchev–Trinajstić information content (AvgIpc) is 3.11. The molecule has 2 fully saturated rings. The molecule has 1 aromatic carbocycles. The van der Waals surface area contributed by atoms with Gasteiger partial charge in [-0.15, -0.1) is 0 Å². The zero-order valence-electron chi connectivity index (χ0n) is 11.4. The maximum Gasteiger partial charge on any atom is 0.226 e. The highest BCUT2D eigenvalue weighted by atomic mass is 19.1. The van der Waals surface area contributed by atoms with Crippen molar-refractivity contribution in [1.29, 1.82) is 0 Å². The van der Waals surface area contributed by atoms with Crippen LogP contribution in [0.3, 0.4) is 0 Å². The second-order valence-corrected chi connectivity index (χ2v) is 5.91. The van der Waals surface area contributed by atoms with Crippen molar-refractivity contribution in [2.75, 3.05) is 0 Å². The fourth-order valence-electron chi connectivity index (χ4n) is 3.01. The van der Waals surface area contributed by atoms with Crippen LogP contribution in [0.2, 0.25) is 0 Å². The van der Waals surface area contributed by atoms with Crippen LogP contribution < -0.4 is 0 Å². The Morgan fingerprint density at radius 2 is 1.85 bits per heavy atom. The number of amides is 1. The summed E-state index contributed by atoms with van der Waals surface area (Å²) in [5, 5.41) is 0. The van der Waals surface area contributed by atoms with Gasteiger partial charge in [-0.05, 0) is 31.7 Å². The van der Waals surface area contributed by atoms with Gasteiger partial charge in [-0.2, -0.15) is 0 Å². The normalized spacial score (nSPS) is 19.3. The third-order valence-electron chi connectivity index (χ3n) is 4.33. The largest absolute Gasteiger partial charge is 0.335 e. The Morgan fingerprint density at radius 1 is 1.15 bits per heavy atom. The van der Waals surface area contributed by atoms with E-state index in [9.17, 15) is 13.6 Å². The van der Waals surface area contributed by atoms with Crippen LogP contribution in [-0.4, -0.2) is 16.8 Å². The number of nitrogens with zero attached hydrogens (tertiary/aromatic N) is 1. The molecule has 0 aliphatic heterocycles. The monoisotopic (exact) mass is 279 g/mol. The Morgan fingerprint density at radius 3 is 2.45 bits per heavy atom. The zero-order chi connectivity index (χ0) is 14.1. The van der Waals surface area contributed by atoms with Gasteiger partial charge in [0.05, 0.1) is 0 Å². The Labute approximate surface area is 117 Å².